The zero-order valence-corrected chi connectivity index (χ0v) is 24.0. The average Bonchev–Trinajstić information content (AvgIpc) is 2.97. The number of anilines is 5. The van der Waals surface area contributed by atoms with E-state index in [1.54, 1.807) is 24.3 Å². The number of fused-ring (bicyclic) bond motifs is 1. The van der Waals surface area contributed by atoms with Crippen LogP contribution in [0.4, 0.5) is 28.7 Å². The van der Waals surface area contributed by atoms with Gasteiger partial charge in [0.1, 0.15) is 17.4 Å². The van der Waals surface area contributed by atoms with E-state index in [1.165, 1.54) is 0 Å². The lowest BCUT2D eigenvalue weighted by Gasteiger charge is -2.38. The first-order valence-electron chi connectivity index (χ1n) is 14.7. The Balaban J connectivity index is 1.22. The van der Waals surface area contributed by atoms with Crippen LogP contribution in [0.2, 0.25) is 0 Å². The fourth-order valence-electron chi connectivity index (χ4n) is 6.09. The van der Waals surface area contributed by atoms with E-state index in [4.69, 9.17) is 27.9 Å². The van der Waals surface area contributed by atoms with Gasteiger partial charge in [0.25, 0.3) is 5.91 Å². The quantitative estimate of drug-likeness (QED) is 0.179. The molecule has 11 nitrogen and oxygen atoms in total. The van der Waals surface area contributed by atoms with E-state index in [-0.39, 0.29) is 41.4 Å². The second-order valence-electron chi connectivity index (χ2n) is 11.7. The van der Waals surface area contributed by atoms with Crippen LogP contribution in [-0.4, -0.2) is 66.3 Å². The molecule has 2 fully saturated rings. The highest BCUT2D eigenvalue weighted by atomic mass is 16.3. The summed E-state index contributed by atoms with van der Waals surface area (Å²) >= 11 is 0. The summed E-state index contributed by atoms with van der Waals surface area (Å²) in [6, 6.07) is 22.2. The zero-order valence-electron chi connectivity index (χ0n) is 24.0. The number of hydrogen-bond donors (Lipinski definition) is 7. The van der Waals surface area contributed by atoms with Crippen molar-refractivity contribution < 1.29 is 9.90 Å². The van der Waals surface area contributed by atoms with E-state index in [2.05, 4.69) is 26.5 Å². The van der Waals surface area contributed by atoms with Crippen LogP contribution in [0.3, 0.4) is 0 Å². The molecule has 4 atom stereocenters. The monoisotopic (exact) mass is 581 g/mol. The molecule has 0 unspecified atom stereocenters. The van der Waals surface area contributed by atoms with Crippen molar-refractivity contribution in [1.82, 2.24) is 4.98 Å². The number of nitrogens with one attached hydrogen (secondary N) is 2. The number of aromatic nitrogens is 1. The SMILES string of the molecule is N[C@@H]1C[C@H](N)CN(c2cc(Nc3ccc(NC(=O)c4ccc5ccccc5c4O)cc3)nc(N3C[C@H](N)C[C@H](N)C3)c2)C1. The van der Waals surface area contributed by atoms with Crippen molar-refractivity contribution in [2.45, 2.75) is 37.0 Å². The molecule has 1 amide bonds. The van der Waals surface area contributed by atoms with Gasteiger partial charge in [0.15, 0.2) is 0 Å². The van der Waals surface area contributed by atoms with Crippen LogP contribution in [0.15, 0.2) is 72.8 Å². The van der Waals surface area contributed by atoms with Gasteiger partial charge in [-0.05, 0) is 48.6 Å². The Labute approximate surface area is 250 Å². The van der Waals surface area contributed by atoms with Crippen LogP contribution in [0.5, 0.6) is 5.75 Å². The summed E-state index contributed by atoms with van der Waals surface area (Å²) in [5.41, 5.74) is 27.8. The molecule has 3 heterocycles. The Morgan fingerprint density at radius 2 is 1.37 bits per heavy atom. The molecule has 4 aromatic rings. The first-order chi connectivity index (χ1) is 20.7. The number of phenols is 1. The zero-order chi connectivity index (χ0) is 30.1. The number of carbonyl (C=O) groups is 1. The van der Waals surface area contributed by atoms with Crippen molar-refractivity contribution in [2.75, 3.05) is 46.6 Å². The molecule has 11 N–H and O–H groups in total. The van der Waals surface area contributed by atoms with Crippen LogP contribution in [0, 0.1) is 0 Å². The lowest BCUT2D eigenvalue weighted by atomic mass is 10.0. The van der Waals surface area contributed by atoms with E-state index in [0.717, 1.165) is 35.4 Å². The molecule has 0 bridgehead atoms. The van der Waals surface area contributed by atoms with Gasteiger partial charge in [0, 0.05) is 84.9 Å². The van der Waals surface area contributed by atoms with Crippen LogP contribution in [-0.2, 0) is 0 Å². The van der Waals surface area contributed by atoms with Crippen molar-refractivity contribution in [3.63, 3.8) is 0 Å². The number of amides is 1. The van der Waals surface area contributed by atoms with E-state index in [9.17, 15) is 9.90 Å². The highest BCUT2D eigenvalue weighted by Gasteiger charge is 2.27. The minimum atomic E-state index is -0.390. The Morgan fingerprint density at radius 1 is 0.767 bits per heavy atom. The van der Waals surface area contributed by atoms with E-state index < -0.39 is 0 Å². The Morgan fingerprint density at radius 3 is 2.05 bits per heavy atom. The van der Waals surface area contributed by atoms with Crippen molar-refractivity contribution >= 4 is 45.4 Å². The lowest BCUT2D eigenvalue weighted by Crippen LogP contribution is -2.53. The number of aromatic hydroxyl groups is 1. The van der Waals surface area contributed by atoms with Gasteiger partial charge >= 0.3 is 0 Å². The normalized spacial score (nSPS) is 22.4. The summed E-state index contributed by atoms with van der Waals surface area (Å²) in [5.74, 6) is 1.02. The molecule has 224 valence electrons. The third-order valence-corrected chi connectivity index (χ3v) is 8.08. The average molecular weight is 582 g/mol. The van der Waals surface area contributed by atoms with Gasteiger partial charge < -0.3 is 48.5 Å². The topological polar surface area (TPSA) is 185 Å². The fraction of sp³-hybridized carbons (Fsp3) is 0.312. The summed E-state index contributed by atoms with van der Waals surface area (Å²) in [6.07, 6.45) is 1.57. The minimum Gasteiger partial charge on any atom is -0.506 e. The first kappa shape index (κ1) is 28.7. The van der Waals surface area contributed by atoms with Crippen molar-refractivity contribution in [1.29, 1.82) is 0 Å². The van der Waals surface area contributed by atoms with E-state index >= 15 is 0 Å². The van der Waals surface area contributed by atoms with Gasteiger partial charge in [-0.2, -0.15) is 0 Å². The van der Waals surface area contributed by atoms with Crippen molar-refractivity contribution in [3.8, 4) is 5.75 Å². The van der Waals surface area contributed by atoms with Crippen LogP contribution < -0.4 is 43.4 Å². The summed E-state index contributed by atoms with van der Waals surface area (Å²) in [5, 5.41) is 18.5. The number of piperidine rings is 2. The Hall–Kier alpha value is -4.42. The molecular formula is C32H39N9O2. The Bertz CT molecular complexity index is 1550. The van der Waals surface area contributed by atoms with Crippen molar-refractivity contribution in [2.24, 2.45) is 22.9 Å². The van der Waals surface area contributed by atoms with Crippen LogP contribution >= 0.6 is 0 Å². The number of benzene rings is 3. The molecule has 2 aliphatic heterocycles. The number of pyridine rings is 1. The fourth-order valence-corrected chi connectivity index (χ4v) is 6.09. The van der Waals surface area contributed by atoms with Gasteiger partial charge in [-0.15, -0.1) is 0 Å². The lowest BCUT2D eigenvalue weighted by molar-refractivity contribution is 0.102. The molecule has 11 heteroatoms. The molecule has 0 radical (unpaired) electrons. The third kappa shape index (κ3) is 6.50. The van der Waals surface area contributed by atoms with Crippen LogP contribution in [0.25, 0.3) is 10.8 Å². The van der Waals surface area contributed by atoms with Gasteiger partial charge in [-0.3, -0.25) is 4.79 Å². The number of hydrogen-bond acceptors (Lipinski definition) is 10. The molecule has 3 aromatic carbocycles. The van der Waals surface area contributed by atoms with Gasteiger partial charge in [-0.1, -0.05) is 30.3 Å². The predicted octanol–water partition coefficient (Wildman–Crippen LogP) is 2.67. The maximum absolute atomic E-state index is 13.0. The summed E-state index contributed by atoms with van der Waals surface area (Å²) in [4.78, 5) is 22.2. The standard InChI is InChI=1S/C32H39N9O2/c33-20-11-21(34)16-40(15-20)26-13-29(39-30(14-26)41-17-22(35)12-23(36)18-41)37-24-6-8-25(9-7-24)38-32(43)28-10-5-19-3-1-2-4-27(19)31(28)42/h1-10,13-14,20-23,42H,11-12,15-18,33-36H2,(H,37,39)(H,38,43)/t20-,21+,22-,23+. The molecule has 2 aliphatic rings. The van der Waals surface area contributed by atoms with Gasteiger partial charge in [0.05, 0.1) is 5.56 Å². The molecular weight excluding hydrogens is 542 g/mol. The highest BCUT2D eigenvalue weighted by Crippen LogP contribution is 2.31. The third-order valence-electron chi connectivity index (χ3n) is 8.08. The van der Waals surface area contributed by atoms with E-state index in [1.807, 2.05) is 42.5 Å². The number of nitrogens with two attached hydrogens (primary N) is 4. The number of rotatable bonds is 6. The first-order valence-corrected chi connectivity index (χ1v) is 14.7. The number of nitrogens with zero attached hydrogens (tertiary/aromatic N) is 3. The largest absolute Gasteiger partial charge is 0.506 e. The molecule has 6 rings (SSSR count). The second-order valence-corrected chi connectivity index (χ2v) is 11.7. The molecule has 2 saturated heterocycles. The maximum atomic E-state index is 13.0. The summed E-state index contributed by atoms with van der Waals surface area (Å²) < 4.78 is 0. The summed E-state index contributed by atoms with van der Waals surface area (Å²) in [7, 11) is 0. The Kier molecular flexibility index (Phi) is 8.04. The molecule has 0 spiro atoms. The van der Waals surface area contributed by atoms with Gasteiger partial charge in [-0.25, -0.2) is 4.98 Å². The van der Waals surface area contributed by atoms with Gasteiger partial charge in [0.2, 0.25) is 0 Å². The highest BCUT2D eigenvalue weighted by molar-refractivity contribution is 6.09. The summed E-state index contributed by atoms with van der Waals surface area (Å²) in [6.45, 7) is 2.75. The maximum Gasteiger partial charge on any atom is 0.259 e. The molecule has 0 aliphatic carbocycles. The smallest absolute Gasteiger partial charge is 0.259 e. The van der Waals surface area contributed by atoms with E-state index in [0.29, 0.717) is 43.1 Å². The number of phenolic OH excluding ortho intramolecular Hbond substituents is 1. The minimum absolute atomic E-state index is 0.00659. The van der Waals surface area contributed by atoms with Crippen LogP contribution in [0.1, 0.15) is 23.2 Å². The molecule has 43 heavy (non-hydrogen) atoms. The second kappa shape index (κ2) is 12.1. The number of carbonyl (C=O) groups excluding carboxylic acids is 1. The molecule has 1 aromatic heterocycles. The molecule has 0 saturated carbocycles. The van der Waals surface area contributed by atoms with Crippen molar-refractivity contribution in [3.05, 3.63) is 78.4 Å². The predicted molar refractivity (Wildman–Crippen MR) is 173 cm³/mol.